The number of nitrogens with one attached hydrogen (secondary N) is 2. The number of benzene rings is 1. The number of hydrogen-bond donors (Lipinski definition) is 2. The number of alkyl halides is 1. The van der Waals surface area contributed by atoms with Crippen molar-refractivity contribution in [3.05, 3.63) is 30.0 Å². The van der Waals surface area contributed by atoms with Crippen molar-refractivity contribution in [2.75, 3.05) is 39.3 Å². The Morgan fingerprint density at radius 3 is 2.40 bits per heavy atom. The summed E-state index contributed by atoms with van der Waals surface area (Å²) in [5.41, 5.74) is 0.707. The smallest absolute Gasteiger partial charge is 0.407 e. The Balaban J connectivity index is 0.000000308. The highest BCUT2D eigenvalue weighted by Gasteiger charge is 2.42. The fraction of sp³-hybridized carbons (Fsp3) is 0.684. The van der Waals surface area contributed by atoms with E-state index >= 15 is 0 Å². The van der Waals surface area contributed by atoms with Gasteiger partial charge in [-0.05, 0) is 129 Å². The predicted molar refractivity (Wildman–Crippen MR) is 191 cm³/mol. The van der Waals surface area contributed by atoms with Crippen LogP contribution in [0.5, 0.6) is 0 Å². The number of likely N-dealkylation sites (tertiary alicyclic amines) is 1. The molecule has 12 heteroatoms. The third kappa shape index (κ3) is 12.4. The maximum atomic E-state index is 13.3. The number of fused-ring (bicyclic) bond motifs is 1. The average molecular weight is 704 g/mol. The summed E-state index contributed by atoms with van der Waals surface area (Å²) < 4.78 is 33.9. The molecular weight excluding hydrogens is 645 g/mol. The first-order valence-electron chi connectivity index (χ1n) is 18.1. The fourth-order valence-corrected chi connectivity index (χ4v) is 6.91. The Labute approximate surface area is 296 Å². The summed E-state index contributed by atoms with van der Waals surface area (Å²) in [5, 5.41) is 6.36. The number of aldehydes is 1. The van der Waals surface area contributed by atoms with Crippen LogP contribution in [0.25, 0.3) is 11.0 Å². The number of esters is 1. The van der Waals surface area contributed by atoms with Crippen LogP contribution < -0.4 is 10.6 Å². The van der Waals surface area contributed by atoms with Gasteiger partial charge in [0.15, 0.2) is 0 Å². The van der Waals surface area contributed by atoms with E-state index < -0.39 is 30.4 Å². The summed E-state index contributed by atoms with van der Waals surface area (Å²) in [6.07, 6.45) is 8.91. The third-order valence-electron chi connectivity index (χ3n) is 9.63. The van der Waals surface area contributed by atoms with Crippen LogP contribution in [0.4, 0.5) is 14.9 Å². The molecule has 0 bridgehead atoms. The Morgan fingerprint density at radius 2 is 1.80 bits per heavy atom. The number of hydrogen-bond acceptors (Lipinski definition) is 9. The summed E-state index contributed by atoms with van der Waals surface area (Å²) in [4.78, 5) is 49.5. The van der Waals surface area contributed by atoms with Gasteiger partial charge in [-0.2, -0.15) is 0 Å². The number of nitrogens with zero attached hydrogens (tertiary/aromatic N) is 1. The molecule has 50 heavy (non-hydrogen) atoms. The van der Waals surface area contributed by atoms with Crippen molar-refractivity contribution in [3.8, 4) is 0 Å². The maximum absolute atomic E-state index is 13.3. The van der Waals surface area contributed by atoms with E-state index in [1.807, 2.05) is 26.1 Å². The second-order valence-electron chi connectivity index (χ2n) is 14.5. The van der Waals surface area contributed by atoms with Gasteiger partial charge >= 0.3 is 12.1 Å². The van der Waals surface area contributed by atoms with Crippen molar-refractivity contribution in [2.45, 2.75) is 116 Å². The van der Waals surface area contributed by atoms with Crippen LogP contribution in [0, 0.1) is 17.8 Å². The van der Waals surface area contributed by atoms with Crippen molar-refractivity contribution in [1.82, 2.24) is 10.2 Å². The molecule has 4 rings (SSSR count). The SMILES string of the molecule is CCC(C=O)CCCC(CF)NC(=O)OC(C)(C)C.CCOC(=O)c1cc2cc(NC(=O)C3C(C4CCC(OC)CC4)CCN3C)ccc2o1. The third-order valence-corrected chi connectivity index (χ3v) is 9.63. The number of carbonyl (C=O) groups excluding carboxylic acids is 4. The highest BCUT2D eigenvalue weighted by atomic mass is 19.1. The molecule has 1 saturated heterocycles. The summed E-state index contributed by atoms with van der Waals surface area (Å²) in [6.45, 7) is 9.58. The summed E-state index contributed by atoms with van der Waals surface area (Å²) in [7, 11) is 3.83. The van der Waals surface area contributed by atoms with Gasteiger partial charge in [-0.1, -0.05) is 13.3 Å². The second-order valence-corrected chi connectivity index (χ2v) is 14.5. The molecule has 4 unspecified atom stereocenters. The lowest BCUT2D eigenvalue weighted by molar-refractivity contribution is -0.121. The summed E-state index contributed by atoms with van der Waals surface area (Å²) >= 11 is 0. The predicted octanol–water partition coefficient (Wildman–Crippen LogP) is 7.32. The van der Waals surface area contributed by atoms with E-state index in [-0.39, 0.29) is 23.6 Å². The fourth-order valence-electron chi connectivity index (χ4n) is 6.91. The van der Waals surface area contributed by atoms with Crippen LogP contribution in [0.15, 0.2) is 28.7 Å². The van der Waals surface area contributed by atoms with E-state index in [0.717, 1.165) is 63.2 Å². The number of methoxy groups -OCH3 is 1. The minimum Gasteiger partial charge on any atom is -0.460 e. The number of amides is 2. The molecule has 1 aliphatic heterocycles. The van der Waals surface area contributed by atoms with Crippen LogP contribution in [0.1, 0.15) is 103 Å². The van der Waals surface area contributed by atoms with E-state index in [1.54, 1.807) is 46.9 Å². The molecule has 280 valence electrons. The highest BCUT2D eigenvalue weighted by Crippen LogP contribution is 2.39. The number of carbonyl (C=O) groups is 4. The zero-order valence-corrected chi connectivity index (χ0v) is 30.9. The minimum atomic E-state index is -0.628. The largest absolute Gasteiger partial charge is 0.460 e. The van der Waals surface area contributed by atoms with Gasteiger partial charge in [0.1, 0.15) is 24.1 Å². The first-order valence-corrected chi connectivity index (χ1v) is 18.1. The van der Waals surface area contributed by atoms with Crippen LogP contribution in [0.2, 0.25) is 0 Å². The molecule has 2 aliphatic rings. The zero-order valence-electron chi connectivity index (χ0n) is 30.9. The van der Waals surface area contributed by atoms with Gasteiger partial charge < -0.3 is 34.1 Å². The maximum Gasteiger partial charge on any atom is 0.407 e. The monoisotopic (exact) mass is 703 g/mol. The van der Waals surface area contributed by atoms with Crippen LogP contribution in [-0.4, -0.2) is 86.9 Å². The molecule has 2 heterocycles. The van der Waals surface area contributed by atoms with E-state index in [1.165, 1.54) is 0 Å². The number of rotatable bonds is 14. The molecule has 11 nitrogen and oxygen atoms in total. The zero-order chi connectivity index (χ0) is 36.8. The lowest BCUT2D eigenvalue weighted by Gasteiger charge is -2.34. The van der Waals surface area contributed by atoms with Crippen LogP contribution >= 0.6 is 0 Å². The first kappa shape index (κ1) is 40.9. The van der Waals surface area contributed by atoms with Gasteiger partial charge in [-0.25, -0.2) is 14.0 Å². The lowest BCUT2D eigenvalue weighted by atomic mass is 9.75. The molecule has 2 N–H and O–H groups in total. The van der Waals surface area contributed by atoms with Gasteiger partial charge in [0.25, 0.3) is 0 Å². The van der Waals surface area contributed by atoms with Gasteiger partial charge in [-0.15, -0.1) is 0 Å². The van der Waals surface area contributed by atoms with Gasteiger partial charge in [0, 0.05) is 24.1 Å². The van der Waals surface area contributed by atoms with Crippen molar-refractivity contribution in [3.63, 3.8) is 0 Å². The normalized spacial score (nSPS) is 22.2. The van der Waals surface area contributed by atoms with Crippen molar-refractivity contribution < 1.29 is 42.2 Å². The number of halogens is 1. The van der Waals surface area contributed by atoms with E-state index in [0.29, 0.717) is 48.7 Å². The topological polar surface area (TPSA) is 136 Å². The van der Waals surface area contributed by atoms with Crippen LogP contribution in [0.3, 0.4) is 0 Å². The number of likely N-dealkylation sites (N-methyl/N-ethyl adjacent to an activating group) is 1. The first-order chi connectivity index (χ1) is 23.8. The van der Waals surface area contributed by atoms with Crippen molar-refractivity contribution in [1.29, 1.82) is 0 Å². The van der Waals surface area contributed by atoms with Crippen LogP contribution in [-0.2, 0) is 23.8 Å². The molecule has 2 aromatic rings. The molecule has 1 aromatic carbocycles. The minimum absolute atomic E-state index is 0.0294. The van der Waals surface area contributed by atoms with E-state index in [9.17, 15) is 23.6 Å². The number of anilines is 1. The molecule has 2 amide bonds. The highest BCUT2D eigenvalue weighted by molar-refractivity contribution is 5.98. The Kier molecular flexibility index (Phi) is 16.2. The van der Waals surface area contributed by atoms with Crippen molar-refractivity contribution >= 4 is 40.9 Å². The number of ether oxygens (including phenoxy) is 3. The molecule has 0 radical (unpaired) electrons. The van der Waals surface area contributed by atoms with Gasteiger partial charge in [-0.3, -0.25) is 9.69 Å². The molecule has 1 aliphatic carbocycles. The van der Waals surface area contributed by atoms with Crippen molar-refractivity contribution in [2.24, 2.45) is 17.8 Å². The molecule has 0 spiro atoms. The number of furan rings is 1. The average Bonchev–Trinajstić information content (AvgIpc) is 3.69. The molecule has 4 atom stereocenters. The van der Waals surface area contributed by atoms with E-state index in [4.69, 9.17) is 18.6 Å². The second kappa shape index (κ2) is 19.8. The Morgan fingerprint density at radius 1 is 1.08 bits per heavy atom. The Hall–Kier alpha value is -3.51. The lowest BCUT2D eigenvalue weighted by Crippen LogP contribution is -2.43. The molecule has 2 fully saturated rings. The summed E-state index contributed by atoms with van der Waals surface area (Å²) in [5.74, 6) is 0.686. The molecule has 1 saturated carbocycles. The number of alkyl carbamates (subject to hydrolysis) is 1. The molecular formula is C38H58FN3O8. The molecule has 1 aromatic heterocycles. The Bertz CT molecular complexity index is 1380. The summed E-state index contributed by atoms with van der Waals surface area (Å²) in [6, 6.07) is 6.41. The quantitative estimate of drug-likeness (QED) is 0.153. The van der Waals surface area contributed by atoms with E-state index in [2.05, 4.69) is 15.5 Å². The van der Waals surface area contributed by atoms with Gasteiger partial charge in [0.05, 0.1) is 24.8 Å². The van der Waals surface area contributed by atoms with Gasteiger partial charge in [0.2, 0.25) is 11.7 Å². The standard InChI is InChI=1S/C24H32N2O5.C14H26FNO3/c1-4-30-24(28)21-14-16-13-17(7-10-20(16)31-21)25-23(27)22-19(11-12-26(22)2)15-5-8-18(29-3)9-6-15;1-5-11(10-17)7-6-8-12(9-15)16-13(18)19-14(2,3)4/h7,10,13-15,18-19,22H,4-6,8-9,11-12H2,1-3H3,(H,25,27);10-12H,5-9H2,1-4H3,(H,16,18).